The zero-order valence-corrected chi connectivity index (χ0v) is 5.64. The molecule has 6 heteroatoms. The van der Waals surface area contributed by atoms with Gasteiger partial charge in [0.2, 0.25) is 5.56 Å². The van der Waals surface area contributed by atoms with Crippen molar-refractivity contribution in [1.82, 2.24) is 4.98 Å². The third-order valence-corrected chi connectivity index (χ3v) is 0.681. The van der Waals surface area contributed by atoms with Gasteiger partial charge in [-0.1, -0.05) is 6.07 Å². The first-order chi connectivity index (χ1) is 5.13. The second kappa shape index (κ2) is 5.66. The Bertz CT molecular complexity index is 216. The van der Waals surface area contributed by atoms with Gasteiger partial charge in [0, 0.05) is 12.3 Å². The smallest absolute Gasteiger partial charge is 0.402 e. The minimum absolute atomic E-state index is 0.0532. The Morgan fingerprint density at radius 2 is 1.82 bits per heavy atom. The Labute approximate surface area is 63.1 Å². The number of hydrogen-bond donors (Lipinski definition) is 4. The summed E-state index contributed by atoms with van der Waals surface area (Å²) in [5, 5.41) is 21.5. The molecule has 5 nitrogen and oxygen atoms in total. The molecule has 1 aromatic heterocycles. The van der Waals surface area contributed by atoms with Crippen molar-refractivity contribution < 1.29 is 15.1 Å². The molecule has 0 amide bonds. The molecule has 0 radical (unpaired) electrons. The van der Waals surface area contributed by atoms with Crippen molar-refractivity contribution in [2.24, 2.45) is 0 Å². The quantitative estimate of drug-likeness (QED) is 0.338. The summed E-state index contributed by atoms with van der Waals surface area (Å²) in [4.78, 5) is 12.7. The van der Waals surface area contributed by atoms with Gasteiger partial charge in [-0.3, -0.25) is 4.79 Å². The fourth-order valence-electron chi connectivity index (χ4n) is 0.377. The molecule has 1 rings (SSSR count). The maximum atomic E-state index is 10.2. The molecular weight excluding hydrogens is 149 g/mol. The van der Waals surface area contributed by atoms with Crippen molar-refractivity contribution in [2.45, 2.75) is 0 Å². The van der Waals surface area contributed by atoms with E-state index in [1.54, 1.807) is 18.3 Å². The Balaban J connectivity index is 0.000000218. The second-order valence-electron chi connectivity index (χ2n) is 1.57. The minimum atomic E-state index is -2.17. The largest absolute Gasteiger partial charge is 0.631 e. The number of aromatic amines is 1. The number of rotatable bonds is 0. The third-order valence-electron chi connectivity index (χ3n) is 0.681. The predicted octanol–water partition coefficient (Wildman–Crippen LogP) is -1.68. The van der Waals surface area contributed by atoms with Gasteiger partial charge in [-0.2, -0.15) is 0 Å². The molecular formula is C5H8BNO4. The highest BCUT2D eigenvalue weighted by Gasteiger charge is 1.92. The van der Waals surface area contributed by atoms with Crippen LogP contribution in [-0.4, -0.2) is 27.4 Å². The van der Waals surface area contributed by atoms with Gasteiger partial charge in [0.15, 0.2) is 0 Å². The molecule has 0 atom stereocenters. The summed E-state index contributed by atoms with van der Waals surface area (Å²) in [7, 11) is -2.17. The van der Waals surface area contributed by atoms with Gasteiger partial charge in [-0.05, 0) is 6.07 Å². The zero-order valence-electron chi connectivity index (χ0n) is 5.64. The van der Waals surface area contributed by atoms with E-state index in [0.717, 1.165) is 0 Å². The lowest BCUT2D eigenvalue weighted by atomic mass is 10.3. The molecule has 1 aromatic rings. The van der Waals surface area contributed by atoms with Gasteiger partial charge in [0.1, 0.15) is 0 Å². The van der Waals surface area contributed by atoms with Crippen molar-refractivity contribution in [3.63, 3.8) is 0 Å². The summed E-state index contributed by atoms with van der Waals surface area (Å²) in [6.07, 6.45) is 1.60. The molecule has 0 aliphatic rings. The van der Waals surface area contributed by atoms with Crippen LogP contribution in [0, 0.1) is 0 Å². The molecule has 0 saturated heterocycles. The second-order valence-corrected chi connectivity index (χ2v) is 1.57. The zero-order chi connectivity index (χ0) is 8.69. The van der Waals surface area contributed by atoms with Crippen LogP contribution >= 0.6 is 0 Å². The van der Waals surface area contributed by atoms with Crippen LogP contribution in [0.1, 0.15) is 0 Å². The third kappa shape index (κ3) is 8.89. The van der Waals surface area contributed by atoms with Crippen LogP contribution in [-0.2, 0) is 0 Å². The van der Waals surface area contributed by atoms with Crippen LogP contribution in [0.3, 0.4) is 0 Å². The van der Waals surface area contributed by atoms with Crippen molar-refractivity contribution >= 4 is 7.32 Å². The van der Waals surface area contributed by atoms with E-state index >= 15 is 0 Å². The lowest BCUT2D eigenvalue weighted by Crippen LogP contribution is -2.07. The van der Waals surface area contributed by atoms with Crippen LogP contribution in [0.4, 0.5) is 0 Å². The highest BCUT2D eigenvalue weighted by molar-refractivity contribution is 6.30. The number of H-pyrrole nitrogens is 1. The first kappa shape index (κ1) is 9.89. The standard InChI is InChI=1S/C5H5NO.BH3O3/c7-5-3-1-2-4-6-5;2-1(3)4/h1-4H,(H,6,7);2-4H. The predicted molar refractivity (Wildman–Crippen MR) is 39.5 cm³/mol. The van der Waals surface area contributed by atoms with Crippen molar-refractivity contribution in [2.75, 3.05) is 0 Å². The summed E-state index contributed by atoms with van der Waals surface area (Å²) in [6, 6.07) is 4.93. The molecule has 0 saturated carbocycles. The summed E-state index contributed by atoms with van der Waals surface area (Å²) in [6.45, 7) is 0. The maximum Gasteiger partial charge on any atom is 0.631 e. The van der Waals surface area contributed by atoms with E-state index < -0.39 is 7.32 Å². The lowest BCUT2D eigenvalue weighted by Gasteiger charge is -1.73. The highest BCUT2D eigenvalue weighted by atomic mass is 16.5. The van der Waals surface area contributed by atoms with Gasteiger partial charge >= 0.3 is 7.32 Å². The molecule has 0 aromatic carbocycles. The van der Waals surface area contributed by atoms with Crippen LogP contribution in [0.25, 0.3) is 0 Å². The monoisotopic (exact) mass is 157 g/mol. The van der Waals surface area contributed by atoms with Crippen LogP contribution in [0.5, 0.6) is 0 Å². The average Bonchev–Trinajstić information content (AvgIpc) is 1.87. The molecule has 60 valence electrons. The van der Waals surface area contributed by atoms with E-state index in [4.69, 9.17) is 15.1 Å². The topological polar surface area (TPSA) is 93.6 Å². The van der Waals surface area contributed by atoms with Crippen LogP contribution in [0.15, 0.2) is 29.2 Å². The number of pyridine rings is 1. The number of nitrogens with one attached hydrogen (secondary N) is 1. The van der Waals surface area contributed by atoms with Crippen LogP contribution in [0.2, 0.25) is 0 Å². The summed E-state index contributed by atoms with van der Waals surface area (Å²) in [5.41, 5.74) is -0.0532. The first-order valence-electron chi connectivity index (χ1n) is 2.81. The minimum Gasteiger partial charge on any atom is -0.402 e. The van der Waals surface area contributed by atoms with E-state index in [9.17, 15) is 4.79 Å². The lowest BCUT2D eigenvalue weighted by molar-refractivity contribution is 0.278. The summed E-state index contributed by atoms with van der Waals surface area (Å²) in [5.74, 6) is 0. The van der Waals surface area contributed by atoms with E-state index in [2.05, 4.69) is 4.98 Å². The van der Waals surface area contributed by atoms with Gasteiger partial charge in [-0.25, -0.2) is 0 Å². The highest BCUT2D eigenvalue weighted by Crippen LogP contribution is 1.67. The van der Waals surface area contributed by atoms with Crippen LogP contribution < -0.4 is 5.56 Å². The van der Waals surface area contributed by atoms with E-state index in [0.29, 0.717) is 0 Å². The molecule has 0 aliphatic carbocycles. The Morgan fingerprint density at radius 1 is 1.27 bits per heavy atom. The van der Waals surface area contributed by atoms with E-state index in [-0.39, 0.29) is 5.56 Å². The summed E-state index contributed by atoms with van der Waals surface area (Å²) >= 11 is 0. The molecule has 4 N–H and O–H groups in total. The van der Waals surface area contributed by atoms with E-state index in [1.807, 2.05) is 0 Å². The van der Waals surface area contributed by atoms with Gasteiger partial charge in [0.05, 0.1) is 0 Å². The van der Waals surface area contributed by atoms with Gasteiger partial charge < -0.3 is 20.1 Å². The van der Waals surface area contributed by atoms with Crippen molar-refractivity contribution in [1.29, 1.82) is 0 Å². The molecule has 0 bridgehead atoms. The van der Waals surface area contributed by atoms with Gasteiger partial charge in [0.25, 0.3) is 0 Å². The molecule has 1 heterocycles. The first-order valence-corrected chi connectivity index (χ1v) is 2.81. The molecule has 0 unspecified atom stereocenters. The molecule has 0 fully saturated rings. The molecule has 11 heavy (non-hydrogen) atoms. The summed E-state index contributed by atoms with van der Waals surface area (Å²) < 4.78 is 0. The fraction of sp³-hybridized carbons (Fsp3) is 0. The maximum absolute atomic E-state index is 10.2. The van der Waals surface area contributed by atoms with Crippen molar-refractivity contribution in [3.8, 4) is 0 Å². The average molecular weight is 157 g/mol. The van der Waals surface area contributed by atoms with Crippen molar-refractivity contribution in [3.05, 3.63) is 34.7 Å². The fourth-order valence-corrected chi connectivity index (χ4v) is 0.377. The number of hydrogen-bond acceptors (Lipinski definition) is 4. The molecule has 0 aliphatic heterocycles. The molecule has 0 spiro atoms. The van der Waals surface area contributed by atoms with E-state index in [1.165, 1.54) is 6.07 Å². The SMILES string of the molecule is O=c1cccc[nH]1.OB(O)O. The number of aromatic nitrogens is 1. The Kier molecular flexibility index (Phi) is 5.09. The Hall–Kier alpha value is -1.11. The van der Waals surface area contributed by atoms with Gasteiger partial charge in [-0.15, -0.1) is 0 Å². The normalized spacial score (nSPS) is 7.91. The Morgan fingerprint density at radius 3 is 2.00 bits per heavy atom.